The highest BCUT2D eigenvalue weighted by Gasteiger charge is 2.10. The number of carbonyl (C=O) groups is 2. The number of rotatable bonds is 8. The molecule has 0 aliphatic carbocycles. The van der Waals surface area contributed by atoms with Gasteiger partial charge in [0.05, 0.1) is 6.04 Å². The zero-order valence-electron chi connectivity index (χ0n) is 10.2. The minimum atomic E-state index is -0.751. The molecule has 5 heteroatoms. The van der Waals surface area contributed by atoms with E-state index in [9.17, 15) is 9.59 Å². The van der Waals surface area contributed by atoms with Crippen molar-refractivity contribution in [2.24, 2.45) is 5.92 Å². The molecule has 0 aliphatic heterocycles. The first-order valence-corrected chi connectivity index (χ1v) is 5.64. The Morgan fingerprint density at radius 2 is 1.88 bits per heavy atom. The lowest BCUT2D eigenvalue weighted by Gasteiger charge is -2.14. The Bertz CT molecular complexity index is 231. The number of carboxylic acids is 1. The molecule has 0 heterocycles. The summed E-state index contributed by atoms with van der Waals surface area (Å²) >= 11 is 0. The number of likely N-dealkylation sites (N-methyl/N-ethyl adjacent to an activating group) is 1. The maximum atomic E-state index is 11.2. The molecule has 2 unspecified atom stereocenters. The molecule has 2 atom stereocenters. The average molecular weight is 230 g/mol. The predicted molar refractivity (Wildman–Crippen MR) is 62.2 cm³/mol. The van der Waals surface area contributed by atoms with Crippen molar-refractivity contribution in [3.05, 3.63) is 0 Å². The Morgan fingerprint density at radius 3 is 2.38 bits per heavy atom. The van der Waals surface area contributed by atoms with E-state index >= 15 is 0 Å². The Balaban J connectivity index is 3.57. The van der Waals surface area contributed by atoms with Crippen LogP contribution >= 0.6 is 0 Å². The standard InChI is InChI=1S/C11H22N2O3/c1-8(4-5-10(14)15)6-7-13-9(2)11(16)12-3/h8-9,13H,4-7H2,1-3H3,(H,12,16)(H,14,15). The Hall–Kier alpha value is -1.10. The molecule has 3 N–H and O–H groups in total. The van der Waals surface area contributed by atoms with Crippen LogP contribution in [0.3, 0.4) is 0 Å². The van der Waals surface area contributed by atoms with Gasteiger partial charge in [0.25, 0.3) is 0 Å². The van der Waals surface area contributed by atoms with E-state index in [4.69, 9.17) is 5.11 Å². The van der Waals surface area contributed by atoms with Gasteiger partial charge in [-0.3, -0.25) is 9.59 Å². The molecule has 0 radical (unpaired) electrons. The van der Waals surface area contributed by atoms with E-state index in [-0.39, 0.29) is 18.4 Å². The second-order valence-corrected chi connectivity index (χ2v) is 4.12. The zero-order chi connectivity index (χ0) is 12.6. The largest absolute Gasteiger partial charge is 0.481 e. The van der Waals surface area contributed by atoms with Gasteiger partial charge in [-0.25, -0.2) is 0 Å². The molecule has 0 saturated heterocycles. The van der Waals surface area contributed by atoms with E-state index in [0.717, 1.165) is 13.0 Å². The molecule has 0 spiro atoms. The monoisotopic (exact) mass is 230 g/mol. The fourth-order valence-corrected chi connectivity index (χ4v) is 1.37. The summed E-state index contributed by atoms with van der Waals surface area (Å²) in [5.74, 6) is -0.419. The van der Waals surface area contributed by atoms with Crippen LogP contribution in [0.2, 0.25) is 0 Å². The molecule has 0 aromatic heterocycles. The fraction of sp³-hybridized carbons (Fsp3) is 0.818. The van der Waals surface area contributed by atoms with Crippen molar-refractivity contribution >= 4 is 11.9 Å². The molecule has 0 fully saturated rings. The normalized spacial score (nSPS) is 14.2. The van der Waals surface area contributed by atoms with Gasteiger partial charge >= 0.3 is 5.97 Å². The summed E-state index contributed by atoms with van der Waals surface area (Å²) < 4.78 is 0. The number of amides is 1. The summed E-state index contributed by atoms with van der Waals surface area (Å²) in [5.41, 5.74) is 0. The molecule has 0 saturated carbocycles. The highest BCUT2D eigenvalue weighted by Crippen LogP contribution is 2.09. The lowest BCUT2D eigenvalue weighted by molar-refractivity contribution is -0.137. The van der Waals surface area contributed by atoms with Crippen LogP contribution in [-0.4, -0.2) is 36.6 Å². The highest BCUT2D eigenvalue weighted by atomic mass is 16.4. The summed E-state index contributed by atoms with van der Waals surface area (Å²) in [6, 6.07) is -0.198. The van der Waals surface area contributed by atoms with Gasteiger partial charge in [-0.05, 0) is 32.2 Å². The number of hydrogen-bond acceptors (Lipinski definition) is 3. The van der Waals surface area contributed by atoms with Crippen molar-refractivity contribution in [1.29, 1.82) is 0 Å². The number of carbonyl (C=O) groups excluding carboxylic acids is 1. The first kappa shape index (κ1) is 14.9. The van der Waals surface area contributed by atoms with Crippen molar-refractivity contribution in [3.8, 4) is 0 Å². The summed E-state index contributed by atoms with van der Waals surface area (Å²) in [6.45, 7) is 4.56. The van der Waals surface area contributed by atoms with E-state index in [1.807, 2.05) is 6.92 Å². The van der Waals surface area contributed by atoms with Gasteiger partial charge in [0, 0.05) is 13.5 Å². The van der Waals surface area contributed by atoms with Crippen LogP contribution in [0.15, 0.2) is 0 Å². The molecule has 1 amide bonds. The van der Waals surface area contributed by atoms with Gasteiger partial charge in [0.15, 0.2) is 0 Å². The summed E-state index contributed by atoms with van der Waals surface area (Å²) in [5, 5.41) is 14.2. The van der Waals surface area contributed by atoms with Gasteiger partial charge in [-0.15, -0.1) is 0 Å². The molecule has 0 aliphatic rings. The summed E-state index contributed by atoms with van der Waals surface area (Å²) in [7, 11) is 1.61. The van der Waals surface area contributed by atoms with E-state index in [0.29, 0.717) is 12.3 Å². The van der Waals surface area contributed by atoms with Crippen molar-refractivity contribution in [1.82, 2.24) is 10.6 Å². The topological polar surface area (TPSA) is 78.4 Å². The Kier molecular flexibility index (Phi) is 7.54. The zero-order valence-corrected chi connectivity index (χ0v) is 10.2. The van der Waals surface area contributed by atoms with Crippen molar-refractivity contribution < 1.29 is 14.7 Å². The van der Waals surface area contributed by atoms with Crippen LogP contribution in [0.4, 0.5) is 0 Å². The maximum Gasteiger partial charge on any atom is 0.303 e. The van der Waals surface area contributed by atoms with Crippen LogP contribution in [0, 0.1) is 5.92 Å². The summed E-state index contributed by atoms with van der Waals surface area (Å²) in [6.07, 6.45) is 1.78. The highest BCUT2D eigenvalue weighted by molar-refractivity contribution is 5.80. The number of hydrogen-bond donors (Lipinski definition) is 3. The second kappa shape index (κ2) is 8.10. The fourth-order valence-electron chi connectivity index (χ4n) is 1.37. The Morgan fingerprint density at radius 1 is 1.25 bits per heavy atom. The molecule has 0 rings (SSSR count). The third kappa shape index (κ3) is 7.23. The van der Waals surface area contributed by atoms with Gasteiger partial charge in [0.2, 0.25) is 5.91 Å². The lowest BCUT2D eigenvalue weighted by Crippen LogP contribution is -2.41. The van der Waals surface area contributed by atoms with Crippen LogP contribution in [0.1, 0.15) is 33.1 Å². The van der Waals surface area contributed by atoms with E-state index in [1.54, 1.807) is 14.0 Å². The van der Waals surface area contributed by atoms with E-state index < -0.39 is 5.97 Å². The Labute approximate surface area is 96.6 Å². The third-order valence-electron chi connectivity index (χ3n) is 2.58. The van der Waals surface area contributed by atoms with Crippen LogP contribution in [0.25, 0.3) is 0 Å². The van der Waals surface area contributed by atoms with Crippen molar-refractivity contribution in [3.63, 3.8) is 0 Å². The first-order chi connectivity index (χ1) is 7.47. The average Bonchev–Trinajstić information content (AvgIpc) is 2.24. The van der Waals surface area contributed by atoms with Crippen LogP contribution in [-0.2, 0) is 9.59 Å². The van der Waals surface area contributed by atoms with Crippen LogP contribution in [0.5, 0.6) is 0 Å². The van der Waals surface area contributed by atoms with Gasteiger partial charge < -0.3 is 15.7 Å². The van der Waals surface area contributed by atoms with Gasteiger partial charge in [0.1, 0.15) is 0 Å². The number of aliphatic carboxylic acids is 1. The molecule has 0 aromatic rings. The van der Waals surface area contributed by atoms with Crippen LogP contribution < -0.4 is 10.6 Å². The van der Waals surface area contributed by atoms with Gasteiger partial charge in [-0.1, -0.05) is 6.92 Å². The second-order valence-electron chi connectivity index (χ2n) is 4.12. The third-order valence-corrected chi connectivity index (χ3v) is 2.58. The molecular weight excluding hydrogens is 208 g/mol. The smallest absolute Gasteiger partial charge is 0.303 e. The molecular formula is C11H22N2O3. The lowest BCUT2D eigenvalue weighted by atomic mass is 10.0. The molecule has 5 nitrogen and oxygen atoms in total. The molecule has 94 valence electrons. The first-order valence-electron chi connectivity index (χ1n) is 5.64. The predicted octanol–water partition coefficient (Wildman–Crippen LogP) is 0.601. The van der Waals surface area contributed by atoms with E-state index in [2.05, 4.69) is 10.6 Å². The molecule has 0 bridgehead atoms. The quantitative estimate of drug-likeness (QED) is 0.570. The van der Waals surface area contributed by atoms with Gasteiger partial charge in [-0.2, -0.15) is 0 Å². The van der Waals surface area contributed by atoms with E-state index in [1.165, 1.54) is 0 Å². The minimum Gasteiger partial charge on any atom is -0.481 e. The molecule has 0 aromatic carbocycles. The number of carboxylic acid groups (broad SMARTS) is 1. The summed E-state index contributed by atoms with van der Waals surface area (Å²) in [4.78, 5) is 21.5. The number of nitrogens with one attached hydrogen (secondary N) is 2. The SMILES string of the molecule is CNC(=O)C(C)NCCC(C)CCC(=O)O. The maximum absolute atomic E-state index is 11.2. The van der Waals surface area contributed by atoms with Crippen molar-refractivity contribution in [2.45, 2.75) is 39.2 Å². The molecule has 16 heavy (non-hydrogen) atoms. The van der Waals surface area contributed by atoms with Crippen molar-refractivity contribution in [2.75, 3.05) is 13.6 Å². The minimum absolute atomic E-state index is 0.0295.